The number of ether oxygens (including phenoxy) is 1. The number of hydrogen-bond donors (Lipinski definition) is 2. The van der Waals surface area contributed by atoms with E-state index in [0.29, 0.717) is 26.0 Å². The Morgan fingerprint density at radius 3 is 2.60 bits per heavy atom. The second-order valence-corrected chi connectivity index (χ2v) is 5.37. The third-order valence-corrected chi connectivity index (χ3v) is 3.50. The van der Waals surface area contributed by atoms with Gasteiger partial charge in [0, 0.05) is 18.7 Å². The van der Waals surface area contributed by atoms with Crippen molar-refractivity contribution in [2.75, 3.05) is 18.5 Å². The molecule has 0 aromatic heterocycles. The standard InChI is InChI=1S/C19H23FN2O2.ClH/c1-2-21-14-15-8-3-5-10-17(15)22-19(23)12-7-13-24-18-11-6-4-9-16(18)20;/h3-6,8-11,21H,2,7,12-14H2,1H3,(H,22,23);1H. The van der Waals surface area contributed by atoms with E-state index in [1.807, 2.05) is 31.2 Å². The third kappa shape index (κ3) is 7.11. The smallest absolute Gasteiger partial charge is 0.224 e. The minimum absolute atomic E-state index is 0. The lowest BCUT2D eigenvalue weighted by atomic mass is 10.1. The Morgan fingerprint density at radius 2 is 1.84 bits per heavy atom. The van der Waals surface area contributed by atoms with Gasteiger partial charge in [0.2, 0.25) is 5.91 Å². The van der Waals surface area contributed by atoms with Gasteiger partial charge in [0.1, 0.15) is 0 Å². The van der Waals surface area contributed by atoms with E-state index in [2.05, 4.69) is 10.6 Å². The lowest BCUT2D eigenvalue weighted by Crippen LogP contribution is -2.17. The zero-order valence-corrected chi connectivity index (χ0v) is 15.1. The minimum Gasteiger partial charge on any atom is -0.491 e. The van der Waals surface area contributed by atoms with Gasteiger partial charge in [0.15, 0.2) is 11.6 Å². The highest BCUT2D eigenvalue weighted by Crippen LogP contribution is 2.17. The van der Waals surface area contributed by atoms with Gasteiger partial charge >= 0.3 is 0 Å². The van der Waals surface area contributed by atoms with Gasteiger partial charge in [-0.05, 0) is 36.7 Å². The first-order chi connectivity index (χ1) is 11.7. The number of halogens is 2. The van der Waals surface area contributed by atoms with E-state index >= 15 is 0 Å². The predicted octanol–water partition coefficient (Wildman–Crippen LogP) is 4.15. The SMILES string of the molecule is CCNCc1ccccc1NC(=O)CCCOc1ccccc1F.Cl. The van der Waals surface area contributed by atoms with Crippen molar-refractivity contribution in [1.82, 2.24) is 5.32 Å². The predicted molar refractivity (Wildman–Crippen MR) is 101 cm³/mol. The molecule has 0 aliphatic carbocycles. The van der Waals surface area contributed by atoms with Crippen molar-refractivity contribution in [3.63, 3.8) is 0 Å². The van der Waals surface area contributed by atoms with E-state index in [4.69, 9.17) is 4.74 Å². The average Bonchev–Trinajstić information content (AvgIpc) is 2.59. The molecule has 25 heavy (non-hydrogen) atoms. The first kappa shape index (κ1) is 20.9. The van der Waals surface area contributed by atoms with Crippen LogP contribution in [0.3, 0.4) is 0 Å². The van der Waals surface area contributed by atoms with Crippen LogP contribution in [0.1, 0.15) is 25.3 Å². The molecule has 0 atom stereocenters. The summed E-state index contributed by atoms with van der Waals surface area (Å²) in [5, 5.41) is 6.17. The Hall–Kier alpha value is -2.11. The van der Waals surface area contributed by atoms with Gasteiger partial charge in [-0.25, -0.2) is 4.39 Å². The molecule has 2 aromatic rings. The van der Waals surface area contributed by atoms with Crippen molar-refractivity contribution in [3.05, 3.63) is 59.9 Å². The number of carbonyl (C=O) groups excluding carboxylic acids is 1. The molecule has 2 rings (SSSR count). The topological polar surface area (TPSA) is 50.4 Å². The zero-order valence-electron chi connectivity index (χ0n) is 14.3. The molecule has 0 heterocycles. The van der Waals surface area contributed by atoms with Crippen LogP contribution in [0.2, 0.25) is 0 Å². The molecule has 2 aromatic carbocycles. The summed E-state index contributed by atoms with van der Waals surface area (Å²) in [5.41, 5.74) is 1.87. The van der Waals surface area contributed by atoms with Gasteiger partial charge in [0.05, 0.1) is 6.61 Å². The van der Waals surface area contributed by atoms with Gasteiger partial charge in [0.25, 0.3) is 0 Å². The summed E-state index contributed by atoms with van der Waals surface area (Å²) in [4.78, 5) is 12.1. The second-order valence-electron chi connectivity index (χ2n) is 5.37. The van der Waals surface area contributed by atoms with Gasteiger partial charge in [-0.3, -0.25) is 4.79 Å². The molecule has 2 N–H and O–H groups in total. The lowest BCUT2D eigenvalue weighted by Gasteiger charge is -2.11. The number of carbonyl (C=O) groups is 1. The van der Waals surface area contributed by atoms with Crippen molar-refractivity contribution in [3.8, 4) is 5.75 Å². The summed E-state index contributed by atoms with van der Waals surface area (Å²) in [6, 6.07) is 14.0. The van der Waals surface area contributed by atoms with E-state index in [1.165, 1.54) is 6.07 Å². The quantitative estimate of drug-likeness (QED) is 0.655. The van der Waals surface area contributed by atoms with Crippen molar-refractivity contribution in [2.24, 2.45) is 0 Å². The van der Waals surface area contributed by atoms with Gasteiger partial charge < -0.3 is 15.4 Å². The van der Waals surface area contributed by atoms with E-state index in [0.717, 1.165) is 17.8 Å². The van der Waals surface area contributed by atoms with Gasteiger partial charge in [-0.1, -0.05) is 37.3 Å². The average molecular weight is 367 g/mol. The molecule has 0 saturated heterocycles. The van der Waals surface area contributed by atoms with Crippen LogP contribution < -0.4 is 15.4 Å². The van der Waals surface area contributed by atoms with Crippen LogP contribution >= 0.6 is 12.4 Å². The van der Waals surface area contributed by atoms with Crippen molar-refractivity contribution in [2.45, 2.75) is 26.3 Å². The Morgan fingerprint density at radius 1 is 1.12 bits per heavy atom. The number of rotatable bonds is 9. The van der Waals surface area contributed by atoms with Crippen LogP contribution in [-0.2, 0) is 11.3 Å². The first-order valence-electron chi connectivity index (χ1n) is 8.16. The second kappa shape index (κ2) is 11.4. The molecule has 0 radical (unpaired) electrons. The molecule has 0 bridgehead atoms. The summed E-state index contributed by atoms with van der Waals surface area (Å²) < 4.78 is 18.7. The fourth-order valence-corrected chi connectivity index (χ4v) is 2.25. The van der Waals surface area contributed by atoms with Crippen molar-refractivity contribution < 1.29 is 13.9 Å². The number of amides is 1. The van der Waals surface area contributed by atoms with Crippen LogP contribution in [0.15, 0.2) is 48.5 Å². The Balaban J connectivity index is 0.00000312. The Kier molecular flexibility index (Phi) is 9.58. The highest BCUT2D eigenvalue weighted by Gasteiger charge is 2.07. The normalized spacial score (nSPS) is 10.0. The number of anilines is 1. The molecule has 0 fully saturated rings. The lowest BCUT2D eigenvalue weighted by molar-refractivity contribution is -0.116. The summed E-state index contributed by atoms with van der Waals surface area (Å²) in [6.07, 6.45) is 0.847. The van der Waals surface area contributed by atoms with Crippen molar-refractivity contribution in [1.29, 1.82) is 0 Å². The van der Waals surface area contributed by atoms with Gasteiger partial charge in [-0.15, -0.1) is 12.4 Å². The van der Waals surface area contributed by atoms with Crippen LogP contribution in [0.5, 0.6) is 5.75 Å². The fraction of sp³-hybridized carbons (Fsp3) is 0.316. The van der Waals surface area contributed by atoms with Crippen LogP contribution in [0, 0.1) is 5.82 Å². The Bertz CT molecular complexity index is 667. The number of nitrogens with one attached hydrogen (secondary N) is 2. The molecule has 4 nitrogen and oxygen atoms in total. The fourth-order valence-electron chi connectivity index (χ4n) is 2.25. The largest absolute Gasteiger partial charge is 0.491 e. The molecular weight excluding hydrogens is 343 g/mol. The first-order valence-corrected chi connectivity index (χ1v) is 8.16. The van der Waals surface area contributed by atoms with E-state index in [1.54, 1.807) is 18.2 Å². The molecule has 0 unspecified atom stereocenters. The molecule has 6 heteroatoms. The molecule has 1 amide bonds. The number of para-hydroxylation sites is 2. The maximum Gasteiger partial charge on any atom is 0.224 e. The molecule has 136 valence electrons. The molecule has 0 spiro atoms. The van der Waals surface area contributed by atoms with Crippen LogP contribution in [0.4, 0.5) is 10.1 Å². The number of benzene rings is 2. The highest BCUT2D eigenvalue weighted by atomic mass is 35.5. The highest BCUT2D eigenvalue weighted by molar-refractivity contribution is 5.91. The molecular formula is C19H24ClFN2O2. The maximum atomic E-state index is 13.4. The number of hydrogen-bond acceptors (Lipinski definition) is 3. The minimum atomic E-state index is -0.390. The monoisotopic (exact) mass is 366 g/mol. The molecule has 0 aliphatic rings. The molecule has 0 aliphatic heterocycles. The van der Waals surface area contributed by atoms with E-state index in [-0.39, 0.29) is 29.9 Å². The van der Waals surface area contributed by atoms with E-state index in [9.17, 15) is 9.18 Å². The summed E-state index contributed by atoms with van der Waals surface area (Å²) >= 11 is 0. The molecule has 0 saturated carbocycles. The maximum absolute atomic E-state index is 13.4. The zero-order chi connectivity index (χ0) is 17.2. The van der Waals surface area contributed by atoms with Crippen LogP contribution in [-0.4, -0.2) is 19.1 Å². The summed E-state index contributed by atoms with van der Waals surface area (Å²) in [5.74, 6) is -0.246. The third-order valence-electron chi connectivity index (χ3n) is 3.50. The van der Waals surface area contributed by atoms with Crippen molar-refractivity contribution >= 4 is 24.0 Å². The van der Waals surface area contributed by atoms with Gasteiger partial charge in [-0.2, -0.15) is 0 Å². The summed E-state index contributed by atoms with van der Waals surface area (Å²) in [7, 11) is 0. The van der Waals surface area contributed by atoms with E-state index < -0.39 is 0 Å². The van der Waals surface area contributed by atoms with Crippen LogP contribution in [0.25, 0.3) is 0 Å². The summed E-state index contributed by atoms with van der Waals surface area (Å²) in [6.45, 7) is 3.92. The Labute approximate surface area is 154 Å².